The Labute approximate surface area is 236 Å². The Morgan fingerprint density at radius 3 is 2.52 bits per heavy atom. The van der Waals surface area contributed by atoms with E-state index in [4.69, 9.17) is 9.47 Å². The predicted octanol–water partition coefficient (Wildman–Crippen LogP) is 6.84. The summed E-state index contributed by atoms with van der Waals surface area (Å²) in [6.45, 7) is 0.176. The molecule has 2 aromatic carbocycles. The summed E-state index contributed by atoms with van der Waals surface area (Å²) in [5.41, 5.74) is -0.347. The fourth-order valence-corrected chi connectivity index (χ4v) is 6.20. The van der Waals surface area contributed by atoms with Crippen LogP contribution in [-0.2, 0) is 23.0 Å². The van der Waals surface area contributed by atoms with E-state index in [0.29, 0.717) is 21.9 Å². The molecule has 2 heterocycles. The van der Waals surface area contributed by atoms with Gasteiger partial charge in [0.15, 0.2) is 5.01 Å². The van der Waals surface area contributed by atoms with Gasteiger partial charge in [-0.05, 0) is 48.6 Å². The average molecular weight is 579 g/mol. The molecule has 1 saturated heterocycles. The molecule has 0 radical (unpaired) electrons. The van der Waals surface area contributed by atoms with Crippen LogP contribution in [0.25, 0.3) is 10.4 Å². The first kappa shape index (κ1) is 29.8. The highest BCUT2D eigenvalue weighted by Gasteiger charge is 2.59. The lowest BCUT2D eigenvalue weighted by Crippen LogP contribution is -2.64. The summed E-state index contributed by atoms with van der Waals surface area (Å²) >= 11 is 1.16. The molecule has 1 unspecified atom stereocenters. The van der Waals surface area contributed by atoms with Gasteiger partial charge < -0.3 is 19.1 Å². The molecule has 4 rings (SSSR count). The monoisotopic (exact) mass is 578 g/mol. The Bertz CT molecular complexity index is 1290. The van der Waals surface area contributed by atoms with Crippen molar-refractivity contribution in [3.05, 3.63) is 70.9 Å². The van der Waals surface area contributed by atoms with E-state index in [1.165, 1.54) is 22.7 Å². The third-order valence-corrected chi connectivity index (χ3v) is 8.38. The van der Waals surface area contributed by atoms with Crippen LogP contribution in [0.5, 0.6) is 5.75 Å². The lowest BCUT2D eigenvalue weighted by molar-refractivity contribution is -0.942. The number of unbranched alkanes of at least 4 members (excludes halogenated alkanes) is 3. The second-order valence-electron chi connectivity index (χ2n) is 10.8. The van der Waals surface area contributed by atoms with Gasteiger partial charge in [0, 0.05) is 6.20 Å². The second kappa shape index (κ2) is 12.2. The van der Waals surface area contributed by atoms with Gasteiger partial charge in [0.05, 0.1) is 38.2 Å². The molecule has 3 aromatic rings. The Balaban J connectivity index is 1.45. The molecule has 0 aliphatic carbocycles. The molecule has 11 heteroatoms. The molecule has 0 saturated carbocycles. The first-order valence-corrected chi connectivity index (χ1v) is 14.0. The number of ether oxygens (including phenoxy) is 2. The molecular weight excluding hydrogens is 543 g/mol. The molecule has 1 aromatic heterocycles. The minimum Gasteiger partial charge on any atom is -0.493 e. The number of carboxylic acid groups (broad SMARTS) is 1. The molecule has 0 bridgehead atoms. The Morgan fingerprint density at radius 1 is 1.12 bits per heavy atom. The smallest absolute Gasteiger partial charge is 0.419 e. The van der Waals surface area contributed by atoms with Gasteiger partial charge in [0.2, 0.25) is 0 Å². The lowest BCUT2D eigenvalue weighted by Gasteiger charge is -2.44. The summed E-state index contributed by atoms with van der Waals surface area (Å²) in [6.07, 6.45) is 0.267. The van der Waals surface area contributed by atoms with Crippen LogP contribution in [0, 0.1) is 0 Å². The van der Waals surface area contributed by atoms with Crippen molar-refractivity contribution in [2.45, 2.75) is 43.9 Å². The second-order valence-corrected chi connectivity index (χ2v) is 11.8. The highest BCUT2D eigenvalue weighted by Crippen LogP contribution is 2.44. The lowest BCUT2D eigenvalue weighted by atomic mass is 10.1. The van der Waals surface area contributed by atoms with Crippen LogP contribution in [-0.4, -0.2) is 66.7 Å². The van der Waals surface area contributed by atoms with Crippen molar-refractivity contribution in [2.24, 2.45) is 0 Å². The third kappa shape index (κ3) is 6.42. The van der Waals surface area contributed by atoms with Crippen LogP contribution >= 0.6 is 11.3 Å². The largest absolute Gasteiger partial charge is 0.493 e. The Hall–Kier alpha value is -3.15. The zero-order valence-electron chi connectivity index (χ0n) is 22.9. The van der Waals surface area contributed by atoms with E-state index in [9.17, 15) is 23.1 Å². The number of hydrogen-bond donors (Lipinski definition) is 1. The number of aromatic nitrogens is 1. The first-order chi connectivity index (χ1) is 18.9. The van der Waals surface area contributed by atoms with E-state index in [0.717, 1.165) is 43.1 Å². The fourth-order valence-electron chi connectivity index (χ4n) is 4.93. The average Bonchev–Trinajstić information content (AvgIpc) is 3.57. The van der Waals surface area contributed by atoms with Crippen LogP contribution in [0.15, 0.2) is 54.7 Å². The Kier molecular flexibility index (Phi) is 9.06. The molecule has 216 valence electrons. The third-order valence-electron chi connectivity index (χ3n) is 7.19. The number of quaternary nitrogens is 1. The van der Waals surface area contributed by atoms with Gasteiger partial charge in [-0.1, -0.05) is 43.2 Å². The van der Waals surface area contributed by atoms with E-state index >= 15 is 0 Å². The first-order valence-electron chi connectivity index (χ1n) is 13.2. The van der Waals surface area contributed by atoms with E-state index in [2.05, 4.69) is 17.1 Å². The van der Waals surface area contributed by atoms with Gasteiger partial charge >= 0.3 is 12.3 Å². The highest BCUT2D eigenvalue weighted by molar-refractivity contribution is 7.15. The molecule has 0 spiro atoms. The minimum absolute atomic E-state index is 0.0859. The molecule has 1 aliphatic heterocycles. The summed E-state index contributed by atoms with van der Waals surface area (Å²) in [4.78, 5) is 18.2. The van der Waals surface area contributed by atoms with Crippen LogP contribution in [0.3, 0.4) is 0 Å². The number of aryl methyl sites for hydroxylation is 1. The van der Waals surface area contributed by atoms with Crippen molar-refractivity contribution in [1.82, 2.24) is 9.88 Å². The maximum atomic E-state index is 14.0. The number of amides is 1. The van der Waals surface area contributed by atoms with Crippen molar-refractivity contribution in [2.75, 3.05) is 41.1 Å². The summed E-state index contributed by atoms with van der Waals surface area (Å²) in [7, 11) is 5.51. The van der Waals surface area contributed by atoms with Crippen LogP contribution < -0.4 is 4.74 Å². The number of likely N-dealkylation sites (N-methyl/N-ethyl adjacent to an activating group) is 1. The van der Waals surface area contributed by atoms with Gasteiger partial charge in [-0.2, -0.15) is 13.2 Å². The van der Waals surface area contributed by atoms with Crippen molar-refractivity contribution >= 4 is 17.4 Å². The molecule has 1 fully saturated rings. The quantitative estimate of drug-likeness (QED) is 0.199. The fraction of sp³-hybridized carbons (Fsp3) is 0.448. The van der Waals surface area contributed by atoms with Gasteiger partial charge in [0.25, 0.3) is 5.66 Å². The number of halogens is 3. The zero-order chi connectivity index (χ0) is 29.0. The predicted molar refractivity (Wildman–Crippen MR) is 147 cm³/mol. The number of rotatable bonds is 11. The molecule has 1 amide bonds. The molecule has 1 aliphatic rings. The van der Waals surface area contributed by atoms with Crippen molar-refractivity contribution in [3.8, 4) is 16.2 Å². The van der Waals surface area contributed by atoms with E-state index < -0.39 is 23.5 Å². The van der Waals surface area contributed by atoms with Crippen LogP contribution in [0.2, 0.25) is 0 Å². The summed E-state index contributed by atoms with van der Waals surface area (Å²) in [6, 6.07) is 14.2. The van der Waals surface area contributed by atoms with Gasteiger partial charge in [0.1, 0.15) is 19.1 Å². The standard InChI is InChI=1S/C29H34F3N3O4S/c1-35(2,3)28(19-38-20-34(28)27(36)37)26-33-18-25(40-26)22-14-15-24(23(17-22)29(30,31)32)39-16-10-5-4-7-11-21-12-8-6-9-13-21/h6,8-9,12-15,17-18H,4-5,7,10-11,16,19-20H2,1-3H3/p+1. The SMILES string of the molecule is C[N+](C)(C)C1(c2ncc(-c3ccc(OCCCCCCc4ccccc4)c(C(F)(F)F)c3)s2)COCN1C(=O)O. The maximum Gasteiger partial charge on any atom is 0.419 e. The summed E-state index contributed by atoms with van der Waals surface area (Å²) in [5, 5.41) is 10.3. The maximum absolute atomic E-state index is 14.0. The molecule has 40 heavy (non-hydrogen) atoms. The summed E-state index contributed by atoms with van der Waals surface area (Å²) < 4.78 is 53.3. The Morgan fingerprint density at radius 2 is 1.85 bits per heavy atom. The topological polar surface area (TPSA) is 71.9 Å². The van der Waals surface area contributed by atoms with Crippen molar-refractivity contribution in [3.63, 3.8) is 0 Å². The number of carbonyl (C=O) groups is 1. The van der Waals surface area contributed by atoms with Gasteiger partial charge in [-0.3, -0.25) is 0 Å². The molecule has 1 atom stereocenters. The van der Waals surface area contributed by atoms with Crippen LogP contribution in [0.4, 0.5) is 18.0 Å². The van der Waals surface area contributed by atoms with Crippen LogP contribution in [0.1, 0.15) is 41.8 Å². The molecule has 7 nitrogen and oxygen atoms in total. The van der Waals surface area contributed by atoms with E-state index in [-0.39, 0.29) is 30.2 Å². The number of benzene rings is 2. The molecule has 1 N–H and O–H groups in total. The normalized spacial score (nSPS) is 17.8. The van der Waals surface area contributed by atoms with E-state index in [1.807, 2.05) is 39.3 Å². The minimum atomic E-state index is -4.60. The van der Waals surface area contributed by atoms with Crippen molar-refractivity contribution in [1.29, 1.82) is 0 Å². The zero-order valence-corrected chi connectivity index (χ0v) is 23.7. The van der Waals surface area contributed by atoms with Gasteiger partial charge in [-0.25, -0.2) is 14.7 Å². The highest BCUT2D eigenvalue weighted by atomic mass is 32.1. The summed E-state index contributed by atoms with van der Waals surface area (Å²) in [5.74, 6) is -0.200. The van der Waals surface area contributed by atoms with Crippen molar-refractivity contribution < 1.29 is 37.0 Å². The number of nitrogens with zero attached hydrogens (tertiary/aromatic N) is 3. The van der Waals surface area contributed by atoms with E-state index in [1.54, 1.807) is 6.07 Å². The number of hydrogen-bond acceptors (Lipinski definition) is 5. The number of thiazole rings is 1. The number of alkyl halides is 3. The van der Waals surface area contributed by atoms with Gasteiger partial charge in [-0.15, -0.1) is 11.3 Å². The molecular formula is C29H35F3N3O4S+.